The molecule has 1 rings (SSSR count). The van der Waals surface area contributed by atoms with E-state index in [1.807, 2.05) is 0 Å². The van der Waals surface area contributed by atoms with E-state index in [-0.39, 0.29) is 29.9 Å². The van der Waals surface area contributed by atoms with Gasteiger partial charge in [0.15, 0.2) is 0 Å². The van der Waals surface area contributed by atoms with Crippen LogP contribution in [0.15, 0.2) is 18.2 Å². The molecule has 0 aromatic heterocycles. The van der Waals surface area contributed by atoms with Crippen molar-refractivity contribution in [2.45, 2.75) is 6.92 Å². The normalized spacial score (nSPS) is 11.3. The number of halogens is 2. The third kappa shape index (κ3) is 4.50. The number of nitrogens with one attached hydrogen (secondary N) is 2. The molecule has 0 aliphatic carbocycles. The van der Waals surface area contributed by atoms with Crippen molar-refractivity contribution in [1.82, 2.24) is 5.32 Å². The van der Waals surface area contributed by atoms with Crippen LogP contribution in [0.5, 0.6) is 5.75 Å². The summed E-state index contributed by atoms with van der Waals surface area (Å²) in [6.45, 7) is 2.31. The van der Waals surface area contributed by atoms with Gasteiger partial charge in [-0.3, -0.25) is 4.79 Å². The Morgan fingerprint density at radius 1 is 1.50 bits per heavy atom. The fourth-order valence-electron chi connectivity index (χ4n) is 1.38. The first-order valence-electron chi connectivity index (χ1n) is 5.37. The van der Waals surface area contributed by atoms with E-state index in [1.54, 1.807) is 14.0 Å². The Labute approximate surface area is 112 Å². The van der Waals surface area contributed by atoms with Gasteiger partial charge in [0, 0.05) is 18.5 Å². The lowest BCUT2D eigenvalue weighted by atomic mass is 10.1. The lowest BCUT2D eigenvalue weighted by Gasteiger charge is -2.12. The minimum Gasteiger partial charge on any atom is -0.497 e. The highest BCUT2D eigenvalue weighted by Gasteiger charge is 2.14. The summed E-state index contributed by atoms with van der Waals surface area (Å²) in [5.74, 6) is -0.434. The van der Waals surface area contributed by atoms with Crippen molar-refractivity contribution in [3.63, 3.8) is 0 Å². The van der Waals surface area contributed by atoms with Gasteiger partial charge in [-0.25, -0.2) is 4.39 Å². The third-order valence-corrected chi connectivity index (χ3v) is 2.39. The molecule has 0 aliphatic heterocycles. The number of benzene rings is 1. The van der Waals surface area contributed by atoms with Crippen LogP contribution in [-0.4, -0.2) is 26.6 Å². The topological polar surface area (TPSA) is 50.4 Å². The number of amides is 1. The molecule has 0 aliphatic rings. The Balaban J connectivity index is 0.00000289. The van der Waals surface area contributed by atoms with E-state index in [9.17, 15) is 9.18 Å². The second-order valence-corrected chi connectivity index (χ2v) is 3.79. The predicted molar refractivity (Wildman–Crippen MR) is 71.9 cm³/mol. The van der Waals surface area contributed by atoms with Crippen molar-refractivity contribution in [2.75, 3.05) is 26.0 Å². The number of hydrogen-bond donors (Lipinski definition) is 2. The van der Waals surface area contributed by atoms with Crippen LogP contribution in [0.3, 0.4) is 0 Å². The molecule has 0 heterocycles. The van der Waals surface area contributed by atoms with Gasteiger partial charge in [0.05, 0.1) is 12.8 Å². The molecule has 0 spiro atoms. The maximum absolute atomic E-state index is 13.4. The fourth-order valence-corrected chi connectivity index (χ4v) is 1.38. The Kier molecular flexibility index (Phi) is 7.31. The summed E-state index contributed by atoms with van der Waals surface area (Å²) in [6.07, 6.45) is 0. The summed E-state index contributed by atoms with van der Waals surface area (Å²) < 4.78 is 18.4. The summed E-state index contributed by atoms with van der Waals surface area (Å²) in [7, 11) is 3.25. The Bertz CT molecular complexity index is 402. The minimum absolute atomic E-state index is 0. The number of ether oxygens (including phenoxy) is 1. The van der Waals surface area contributed by atoms with Crippen LogP contribution in [-0.2, 0) is 4.79 Å². The number of hydrogen-bond acceptors (Lipinski definition) is 3. The zero-order valence-corrected chi connectivity index (χ0v) is 11.4. The highest BCUT2D eigenvalue weighted by molar-refractivity contribution is 5.92. The molecule has 1 aromatic rings. The van der Waals surface area contributed by atoms with Crippen LogP contribution in [0.25, 0.3) is 0 Å². The van der Waals surface area contributed by atoms with Gasteiger partial charge in [0.1, 0.15) is 11.6 Å². The standard InChI is InChI=1S/C12H17FN2O2.ClH/c1-8(7-14-2)12(16)15-11-6-9(17-3)4-5-10(11)13;/h4-6,8,14H,7H2,1-3H3,(H,15,16);1H. The van der Waals surface area contributed by atoms with Gasteiger partial charge in [0.2, 0.25) is 5.91 Å². The van der Waals surface area contributed by atoms with E-state index in [2.05, 4.69) is 10.6 Å². The van der Waals surface area contributed by atoms with Crippen LogP contribution < -0.4 is 15.4 Å². The van der Waals surface area contributed by atoms with Gasteiger partial charge < -0.3 is 15.4 Å². The molecule has 0 saturated carbocycles. The van der Waals surface area contributed by atoms with Crippen LogP contribution in [0, 0.1) is 11.7 Å². The van der Waals surface area contributed by atoms with Gasteiger partial charge in [-0.05, 0) is 19.2 Å². The van der Waals surface area contributed by atoms with E-state index in [1.165, 1.54) is 25.3 Å². The predicted octanol–water partition coefficient (Wildman–Crippen LogP) is 2.05. The maximum atomic E-state index is 13.4. The molecule has 6 heteroatoms. The average molecular weight is 277 g/mol. The second-order valence-electron chi connectivity index (χ2n) is 3.79. The Hall–Kier alpha value is -1.33. The number of carbonyl (C=O) groups is 1. The molecule has 1 atom stereocenters. The highest BCUT2D eigenvalue weighted by Crippen LogP contribution is 2.21. The molecule has 1 aromatic carbocycles. The number of rotatable bonds is 5. The summed E-state index contributed by atoms with van der Waals surface area (Å²) in [5.41, 5.74) is 0.136. The molecule has 0 radical (unpaired) electrons. The van der Waals surface area contributed by atoms with Crippen molar-refractivity contribution in [2.24, 2.45) is 5.92 Å². The van der Waals surface area contributed by atoms with E-state index < -0.39 is 5.82 Å². The molecule has 1 unspecified atom stereocenters. The third-order valence-electron chi connectivity index (χ3n) is 2.39. The maximum Gasteiger partial charge on any atom is 0.228 e. The molecule has 4 nitrogen and oxygen atoms in total. The lowest BCUT2D eigenvalue weighted by Crippen LogP contribution is -2.28. The van der Waals surface area contributed by atoms with E-state index >= 15 is 0 Å². The molecule has 0 saturated heterocycles. The largest absolute Gasteiger partial charge is 0.497 e. The van der Waals surface area contributed by atoms with Crippen molar-refractivity contribution in [1.29, 1.82) is 0 Å². The van der Waals surface area contributed by atoms with Crippen LogP contribution >= 0.6 is 12.4 Å². The first kappa shape index (κ1) is 16.7. The van der Waals surface area contributed by atoms with Gasteiger partial charge >= 0.3 is 0 Å². The summed E-state index contributed by atoms with van der Waals surface area (Å²) in [5, 5.41) is 5.43. The number of anilines is 1. The second kappa shape index (κ2) is 7.89. The van der Waals surface area contributed by atoms with Crippen molar-refractivity contribution < 1.29 is 13.9 Å². The van der Waals surface area contributed by atoms with Gasteiger partial charge in [-0.1, -0.05) is 6.92 Å². The molecule has 102 valence electrons. The van der Waals surface area contributed by atoms with E-state index in [0.29, 0.717) is 12.3 Å². The molecule has 0 bridgehead atoms. The molecular formula is C12H18ClFN2O2. The van der Waals surface area contributed by atoms with Crippen molar-refractivity contribution in [3.05, 3.63) is 24.0 Å². The van der Waals surface area contributed by atoms with E-state index in [0.717, 1.165) is 0 Å². The molecule has 0 fully saturated rings. The van der Waals surface area contributed by atoms with Crippen LogP contribution in [0.2, 0.25) is 0 Å². The monoisotopic (exact) mass is 276 g/mol. The summed E-state index contributed by atoms with van der Waals surface area (Å²) in [4.78, 5) is 11.7. The number of carbonyl (C=O) groups excluding carboxylic acids is 1. The van der Waals surface area contributed by atoms with E-state index in [4.69, 9.17) is 4.74 Å². The summed E-state index contributed by atoms with van der Waals surface area (Å²) in [6, 6.07) is 4.22. The molecule has 18 heavy (non-hydrogen) atoms. The first-order valence-corrected chi connectivity index (χ1v) is 5.37. The minimum atomic E-state index is -0.476. The quantitative estimate of drug-likeness (QED) is 0.865. The van der Waals surface area contributed by atoms with Crippen LogP contribution in [0.1, 0.15) is 6.92 Å². The summed E-state index contributed by atoms with van der Waals surface area (Å²) >= 11 is 0. The smallest absolute Gasteiger partial charge is 0.228 e. The fraction of sp³-hybridized carbons (Fsp3) is 0.417. The zero-order valence-electron chi connectivity index (χ0n) is 10.6. The van der Waals surface area contributed by atoms with Gasteiger partial charge in [-0.15, -0.1) is 12.4 Å². The average Bonchev–Trinajstić information content (AvgIpc) is 2.32. The van der Waals surface area contributed by atoms with Gasteiger partial charge in [0.25, 0.3) is 0 Å². The van der Waals surface area contributed by atoms with Gasteiger partial charge in [-0.2, -0.15) is 0 Å². The first-order chi connectivity index (χ1) is 8.08. The highest BCUT2D eigenvalue weighted by atomic mass is 35.5. The van der Waals surface area contributed by atoms with Crippen molar-refractivity contribution >= 4 is 24.0 Å². The van der Waals surface area contributed by atoms with Crippen molar-refractivity contribution in [3.8, 4) is 5.75 Å². The molecule has 2 N–H and O–H groups in total. The zero-order chi connectivity index (χ0) is 12.8. The Morgan fingerprint density at radius 2 is 2.17 bits per heavy atom. The SMILES string of the molecule is CNCC(C)C(=O)Nc1cc(OC)ccc1F.Cl. The van der Waals surface area contributed by atoms with Crippen LogP contribution in [0.4, 0.5) is 10.1 Å². The molecule has 1 amide bonds. The lowest BCUT2D eigenvalue weighted by molar-refractivity contribution is -0.119. The Morgan fingerprint density at radius 3 is 2.72 bits per heavy atom. The molecular weight excluding hydrogens is 259 g/mol. The number of methoxy groups -OCH3 is 1.